The molecule has 3 nitrogen and oxygen atoms in total. The highest BCUT2D eigenvalue weighted by Gasteiger charge is 2.38. The first-order valence-corrected chi connectivity index (χ1v) is 4.68. The second-order valence-corrected chi connectivity index (χ2v) is 4.34. The van der Waals surface area contributed by atoms with Crippen molar-refractivity contribution in [3.05, 3.63) is 0 Å². The van der Waals surface area contributed by atoms with Crippen LogP contribution in [-0.2, 0) is 10.2 Å². The zero-order valence-electron chi connectivity index (χ0n) is 5.51. The third-order valence-electron chi connectivity index (χ3n) is 1.74. The number of nitrogens with two attached hydrogens (primary N) is 1. The molecule has 10 heavy (non-hydrogen) atoms. The predicted molar refractivity (Wildman–Crippen MR) is 35.7 cm³/mol. The Labute approximate surface area is 59.6 Å². The van der Waals surface area contributed by atoms with E-state index in [0.29, 0.717) is 0 Å². The Morgan fingerprint density at radius 3 is 2.30 bits per heavy atom. The summed E-state index contributed by atoms with van der Waals surface area (Å²) in [6.45, 7) is 0. The fourth-order valence-electron chi connectivity index (χ4n) is 0.736. The fourth-order valence-corrected chi connectivity index (χ4v) is 1.39. The molecule has 1 aliphatic rings. The monoisotopic (exact) mass is 167 g/mol. The first kappa shape index (κ1) is 7.94. The van der Waals surface area contributed by atoms with Crippen LogP contribution in [0.4, 0.5) is 3.89 Å². The quantitative estimate of drug-likeness (QED) is 0.609. The highest BCUT2D eigenvalue weighted by Crippen LogP contribution is 2.35. The van der Waals surface area contributed by atoms with E-state index in [4.69, 9.17) is 5.73 Å². The second kappa shape index (κ2) is 2.17. The molecule has 0 aromatic rings. The average Bonchev–Trinajstić information content (AvgIpc) is 2.43. The molecule has 0 amide bonds. The maximum Gasteiger partial charge on any atom is 0.302 e. The van der Waals surface area contributed by atoms with Crippen LogP contribution in [-0.4, -0.2) is 19.7 Å². The summed E-state index contributed by atoms with van der Waals surface area (Å²) in [5.74, 6) is -0.427. The molecule has 2 N–H and O–H groups in total. The van der Waals surface area contributed by atoms with Gasteiger partial charge >= 0.3 is 10.2 Å². The molecule has 0 spiro atoms. The van der Waals surface area contributed by atoms with Gasteiger partial charge in [-0.3, -0.25) is 0 Å². The Hall–Kier alpha value is -0.160. The predicted octanol–water partition coefficient (Wildman–Crippen LogP) is 0.167. The van der Waals surface area contributed by atoms with E-state index in [1.165, 1.54) is 0 Å². The van der Waals surface area contributed by atoms with E-state index < -0.39 is 16.0 Å². The molecule has 1 saturated carbocycles. The van der Waals surface area contributed by atoms with Gasteiger partial charge in [-0.2, -0.15) is 8.42 Å². The maximum absolute atomic E-state index is 11.9. The Kier molecular flexibility index (Phi) is 1.72. The molecule has 0 aromatic heterocycles. The molecule has 0 saturated heterocycles. The molecular weight excluding hydrogens is 157 g/mol. The highest BCUT2D eigenvalue weighted by molar-refractivity contribution is 7.86. The molecule has 0 radical (unpaired) electrons. The van der Waals surface area contributed by atoms with Crippen molar-refractivity contribution in [3.8, 4) is 0 Å². The molecule has 1 fully saturated rings. The largest absolute Gasteiger partial charge is 0.325 e. The van der Waals surface area contributed by atoms with Crippen LogP contribution in [0, 0.1) is 0 Å². The third-order valence-corrected chi connectivity index (χ3v) is 2.43. The van der Waals surface area contributed by atoms with Gasteiger partial charge in [0.25, 0.3) is 0 Å². The lowest BCUT2D eigenvalue weighted by atomic mass is 10.2. The van der Waals surface area contributed by atoms with E-state index in [1.54, 1.807) is 0 Å². The minimum absolute atomic E-state index is 0.256. The van der Waals surface area contributed by atoms with Crippen LogP contribution < -0.4 is 5.73 Å². The van der Waals surface area contributed by atoms with Crippen LogP contribution in [0.15, 0.2) is 0 Å². The van der Waals surface area contributed by atoms with Crippen molar-refractivity contribution in [2.45, 2.75) is 24.8 Å². The highest BCUT2D eigenvalue weighted by atomic mass is 32.3. The van der Waals surface area contributed by atoms with Crippen LogP contribution in [0.3, 0.4) is 0 Å². The van der Waals surface area contributed by atoms with Crippen LogP contribution in [0.5, 0.6) is 0 Å². The van der Waals surface area contributed by atoms with Crippen molar-refractivity contribution >= 4 is 10.2 Å². The minimum atomic E-state index is -4.30. The molecule has 0 aromatic carbocycles. The zero-order valence-corrected chi connectivity index (χ0v) is 6.32. The van der Waals surface area contributed by atoms with Gasteiger partial charge in [-0.15, -0.1) is 3.89 Å². The Morgan fingerprint density at radius 2 is 2.00 bits per heavy atom. The minimum Gasteiger partial charge on any atom is -0.325 e. The van der Waals surface area contributed by atoms with Gasteiger partial charge in [-0.1, -0.05) is 0 Å². The van der Waals surface area contributed by atoms with E-state index in [1.807, 2.05) is 0 Å². The average molecular weight is 167 g/mol. The van der Waals surface area contributed by atoms with E-state index in [0.717, 1.165) is 12.8 Å². The summed E-state index contributed by atoms with van der Waals surface area (Å²) in [6.07, 6.45) is 1.90. The van der Waals surface area contributed by atoms with Gasteiger partial charge in [0.1, 0.15) is 0 Å². The number of hydrogen-bond donors (Lipinski definition) is 1. The molecule has 60 valence electrons. The molecule has 5 heteroatoms. The van der Waals surface area contributed by atoms with E-state index in [-0.39, 0.29) is 12.0 Å². The summed E-state index contributed by atoms with van der Waals surface area (Å²) in [5, 5.41) is 0. The van der Waals surface area contributed by atoms with Crippen LogP contribution in [0.2, 0.25) is 0 Å². The van der Waals surface area contributed by atoms with Gasteiger partial charge in [-0.25, -0.2) is 0 Å². The topological polar surface area (TPSA) is 60.2 Å². The van der Waals surface area contributed by atoms with Gasteiger partial charge in [0.15, 0.2) is 0 Å². The lowest BCUT2D eigenvalue weighted by Crippen LogP contribution is -2.24. The summed E-state index contributed by atoms with van der Waals surface area (Å²) < 4.78 is 31.8. The van der Waals surface area contributed by atoms with Crippen molar-refractivity contribution in [2.75, 3.05) is 5.75 Å². The SMILES string of the molecule is NC1(CCS(=O)(=O)F)CC1. The van der Waals surface area contributed by atoms with Gasteiger partial charge in [0, 0.05) is 5.54 Å². The number of hydrogen-bond acceptors (Lipinski definition) is 3. The van der Waals surface area contributed by atoms with Crippen molar-refractivity contribution < 1.29 is 12.3 Å². The first-order chi connectivity index (χ1) is 4.41. The molecular formula is C5H10FNO2S. The molecule has 0 aliphatic heterocycles. The van der Waals surface area contributed by atoms with E-state index in [2.05, 4.69) is 0 Å². The van der Waals surface area contributed by atoms with Crippen molar-refractivity contribution in [1.82, 2.24) is 0 Å². The smallest absolute Gasteiger partial charge is 0.302 e. The normalized spacial score (nSPS) is 22.6. The summed E-state index contributed by atoms with van der Waals surface area (Å²) in [6, 6.07) is 0. The van der Waals surface area contributed by atoms with Crippen LogP contribution >= 0.6 is 0 Å². The summed E-state index contributed by atoms with van der Waals surface area (Å²) >= 11 is 0. The summed E-state index contributed by atoms with van der Waals surface area (Å²) in [7, 11) is -4.30. The first-order valence-electron chi connectivity index (χ1n) is 3.13. The Morgan fingerprint density at radius 1 is 1.50 bits per heavy atom. The van der Waals surface area contributed by atoms with Gasteiger partial charge in [0.2, 0.25) is 0 Å². The van der Waals surface area contributed by atoms with Crippen LogP contribution in [0.25, 0.3) is 0 Å². The molecule has 1 aliphatic carbocycles. The summed E-state index contributed by atoms with van der Waals surface area (Å²) in [5.41, 5.74) is 5.16. The molecule has 0 unspecified atom stereocenters. The Bertz CT molecular complexity index is 220. The van der Waals surface area contributed by atoms with Crippen molar-refractivity contribution in [1.29, 1.82) is 0 Å². The van der Waals surface area contributed by atoms with Crippen molar-refractivity contribution in [3.63, 3.8) is 0 Å². The zero-order chi connectivity index (χ0) is 7.83. The molecule has 1 rings (SSSR count). The second-order valence-electron chi connectivity index (χ2n) is 2.86. The van der Waals surface area contributed by atoms with E-state index in [9.17, 15) is 12.3 Å². The third kappa shape index (κ3) is 2.62. The lowest BCUT2D eigenvalue weighted by Gasteiger charge is -2.03. The van der Waals surface area contributed by atoms with E-state index >= 15 is 0 Å². The standard InChI is InChI=1S/C5H10FNO2S/c6-10(8,9)4-3-5(7)1-2-5/h1-4,7H2. The molecule has 0 heterocycles. The van der Waals surface area contributed by atoms with Crippen molar-refractivity contribution in [2.24, 2.45) is 5.73 Å². The molecule has 0 bridgehead atoms. The maximum atomic E-state index is 11.9. The summed E-state index contributed by atoms with van der Waals surface area (Å²) in [4.78, 5) is 0. The van der Waals surface area contributed by atoms with Gasteiger partial charge in [-0.05, 0) is 19.3 Å². The number of rotatable bonds is 3. The fraction of sp³-hybridized carbons (Fsp3) is 1.00. The van der Waals surface area contributed by atoms with Crippen LogP contribution in [0.1, 0.15) is 19.3 Å². The number of halogens is 1. The van der Waals surface area contributed by atoms with Gasteiger partial charge in [0.05, 0.1) is 5.75 Å². The van der Waals surface area contributed by atoms with Gasteiger partial charge < -0.3 is 5.73 Å². The lowest BCUT2D eigenvalue weighted by molar-refractivity contribution is 0.539. The molecule has 0 atom stereocenters. The Balaban J connectivity index is 2.30.